The zero-order chi connectivity index (χ0) is 44.7. The van der Waals surface area contributed by atoms with Gasteiger partial charge in [0.2, 0.25) is 11.1 Å². The molecule has 3 unspecified atom stereocenters. The van der Waals surface area contributed by atoms with Crippen molar-refractivity contribution in [2.24, 2.45) is 0 Å². The number of fused-ring (bicyclic) bond motifs is 5. The van der Waals surface area contributed by atoms with Crippen molar-refractivity contribution in [3.05, 3.63) is 70.3 Å². The molecule has 4 aliphatic rings. The molecule has 3 aromatic rings. The van der Waals surface area contributed by atoms with E-state index in [-0.39, 0.29) is 21.9 Å². The molecule has 7 nitrogen and oxygen atoms in total. The summed E-state index contributed by atoms with van der Waals surface area (Å²) in [6.45, 7) is 36.0. The van der Waals surface area contributed by atoms with Gasteiger partial charge in [-0.1, -0.05) is 110 Å². The van der Waals surface area contributed by atoms with Crippen LogP contribution in [0.3, 0.4) is 0 Å². The van der Waals surface area contributed by atoms with Gasteiger partial charge in [0.25, 0.3) is 0 Å². The Kier molecular flexibility index (Phi) is 13.1. The van der Waals surface area contributed by atoms with Gasteiger partial charge in [0.1, 0.15) is 24.7 Å². The van der Waals surface area contributed by atoms with Crippen LogP contribution in [0.5, 0.6) is 23.0 Å². The van der Waals surface area contributed by atoms with E-state index in [0.717, 1.165) is 81.1 Å². The van der Waals surface area contributed by atoms with E-state index < -0.39 is 6.03 Å². The van der Waals surface area contributed by atoms with Gasteiger partial charge in [-0.3, -0.25) is 0 Å². The fourth-order valence-corrected chi connectivity index (χ4v) is 11.0. The maximum atomic E-state index is 7.58. The lowest BCUT2D eigenvalue weighted by Gasteiger charge is -2.39. The average molecular weight is 849 g/mol. The van der Waals surface area contributed by atoms with Gasteiger partial charge < -0.3 is 23.4 Å². The van der Waals surface area contributed by atoms with Crippen molar-refractivity contribution in [1.82, 2.24) is 0 Å². The van der Waals surface area contributed by atoms with Crippen LogP contribution in [0.2, 0.25) is 0 Å². The Balaban J connectivity index is 1.34. The van der Waals surface area contributed by atoms with E-state index >= 15 is 0 Å². The van der Waals surface area contributed by atoms with Crippen molar-refractivity contribution < 1.29 is 32.6 Å². The molecule has 2 fully saturated rings. The van der Waals surface area contributed by atoms with E-state index in [1.165, 1.54) is 82.1 Å². The quantitative estimate of drug-likeness (QED) is 0.100. The van der Waals surface area contributed by atoms with Crippen molar-refractivity contribution >= 4 is 12.4 Å². The maximum absolute atomic E-state index is 7.58. The smallest absolute Gasteiger partial charge is 0.493 e. The first-order valence-electron chi connectivity index (χ1n) is 24.6. The molecule has 0 radical (unpaired) electrons. The third kappa shape index (κ3) is 8.22. The summed E-state index contributed by atoms with van der Waals surface area (Å²) in [5, 5.41) is 0. The van der Waals surface area contributed by atoms with Crippen LogP contribution in [0.4, 0.5) is 0 Å². The zero-order valence-corrected chi connectivity index (χ0v) is 41.2. The molecule has 0 aromatic heterocycles. The van der Waals surface area contributed by atoms with Crippen LogP contribution in [0, 0.1) is 6.92 Å². The number of aryl methyl sites for hydroxylation is 1. The number of ether oxygens (including phenoxy) is 4. The van der Waals surface area contributed by atoms with Gasteiger partial charge in [-0.05, 0) is 103 Å². The summed E-state index contributed by atoms with van der Waals surface area (Å²) >= 11 is 0. The molecule has 3 aromatic carbocycles. The number of rotatable bonds is 17. The standard InChI is InChI=1S/C55H82N3O4/c1-14-18-28-58(29-19-15-2,30-20-16-3)31-33-60-47-25-23-24-46(59-32-17-4)48(47)41-34-40(5)49-42(35-41)38-56-53(12)26-21-22-27-54(53,13)57-39-43-36-44(51(6,7)8)37-45(52(9,10)11)50(43)62-55(56,57)61-49/h23-25,34-39H,14-22,26-33H2,1-13H3/q+3. The van der Waals surface area contributed by atoms with E-state index in [9.17, 15) is 0 Å². The molecular formula is C55H82N3O4+3. The number of nitrogens with zero attached hydrogens (tertiary/aromatic N) is 3. The van der Waals surface area contributed by atoms with E-state index in [2.05, 4.69) is 154 Å². The Bertz CT molecular complexity index is 2150. The normalized spacial score (nSPS) is 22.9. The highest BCUT2D eigenvalue weighted by Gasteiger charge is 2.86. The van der Waals surface area contributed by atoms with Crippen molar-refractivity contribution in [3.8, 4) is 34.1 Å². The monoisotopic (exact) mass is 849 g/mol. The Hall–Kier alpha value is -3.84. The van der Waals surface area contributed by atoms with E-state index in [0.29, 0.717) is 13.2 Å². The number of hydrogen-bond acceptors (Lipinski definition) is 4. The van der Waals surface area contributed by atoms with Gasteiger partial charge >= 0.3 is 6.03 Å². The van der Waals surface area contributed by atoms with Crippen LogP contribution < -0.4 is 18.9 Å². The minimum absolute atomic E-state index is 0.00596. The highest BCUT2D eigenvalue weighted by Crippen LogP contribution is 2.56. The van der Waals surface area contributed by atoms with Gasteiger partial charge in [0.05, 0.1) is 42.9 Å². The van der Waals surface area contributed by atoms with E-state index in [4.69, 9.17) is 18.9 Å². The Morgan fingerprint density at radius 2 is 1.18 bits per heavy atom. The van der Waals surface area contributed by atoms with Crippen molar-refractivity contribution in [3.63, 3.8) is 0 Å². The summed E-state index contributed by atoms with van der Waals surface area (Å²) in [7, 11) is 0. The number of quaternary nitrogens is 1. The fourth-order valence-electron chi connectivity index (χ4n) is 11.0. The first kappa shape index (κ1) is 46.2. The molecule has 7 heteroatoms. The molecule has 3 atom stereocenters. The fraction of sp³-hybridized carbons (Fsp3) is 0.636. The molecule has 3 heterocycles. The second kappa shape index (κ2) is 17.6. The molecule has 1 spiro atoms. The molecule has 338 valence electrons. The number of unbranched alkanes of at least 4 members (excludes halogenated alkanes) is 3. The molecule has 62 heavy (non-hydrogen) atoms. The van der Waals surface area contributed by atoms with Crippen LogP contribution in [-0.4, -0.2) is 82.6 Å². The Morgan fingerprint density at radius 1 is 0.645 bits per heavy atom. The zero-order valence-electron chi connectivity index (χ0n) is 41.2. The molecule has 3 aliphatic heterocycles. The SMILES string of the molecule is CCCC[N+](CCCC)(CCCC)CCOc1cccc(OCCC)c1-c1cc(C)c2c(c1)C=[N+]1C3(O2)Oc2c(cc(C(C)(C)C)cc2C(C)(C)C)C=[N+]3C2(C)CCCCC12C. The summed E-state index contributed by atoms with van der Waals surface area (Å²) in [4.78, 5) is 0. The van der Waals surface area contributed by atoms with Crippen molar-refractivity contribution in [2.45, 2.75) is 189 Å². The van der Waals surface area contributed by atoms with Crippen LogP contribution in [0.25, 0.3) is 11.1 Å². The minimum atomic E-state index is -1.17. The molecular weight excluding hydrogens is 767 g/mol. The predicted molar refractivity (Wildman–Crippen MR) is 256 cm³/mol. The van der Waals surface area contributed by atoms with Gasteiger partial charge in [0, 0.05) is 32.3 Å². The third-order valence-corrected chi connectivity index (χ3v) is 15.0. The Labute approximate surface area is 376 Å². The molecule has 1 aliphatic carbocycles. The van der Waals surface area contributed by atoms with Crippen LogP contribution >= 0.6 is 0 Å². The number of hydrogen-bond donors (Lipinski definition) is 0. The van der Waals surface area contributed by atoms with Crippen LogP contribution in [-0.2, 0) is 10.8 Å². The molecule has 1 saturated carbocycles. The summed E-state index contributed by atoms with van der Waals surface area (Å²) in [6, 6.07) is 14.5. The first-order chi connectivity index (χ1) is 29.4. The topological polar surface area (TPSA) is 42.9 Å². The Morgan fingerprint density at radius 3 is 1.69 bits per heavy atom. The molecule has 7 rings (SSSR count). The molecule has 0 bridgehead atoms. The van der Waals surface area contributed by atoms with Gasteiger partial charge in [-0.25, -0.2) is 0 Å². The van der Waals surface area contributed by atoms with Crippen LogP contribution in [0.15, 0.2) is 42.5 Å². The highest BCUT2D eigenvalue weighted by molar-refractivity contribution is 5.88. The lowest BCUT2D eigenvalue weighted by molar-refractivity contribution is -0.928. The minimum Gasteiger partial charge on any atom is -0.493 e. The number of benzene rings is 3. The third-order valence-electron chi connectivity index (χ3n) is 15.0. The second-order valence-corrected chi connectivity index (χ2v) is 21.8. The molecule has 0 amide bonds. The van der Waals surface area contributed by atoms with E-state index in [1.807, 2.05) is 0 Å². The lowest BCUT2D eigenvalue weighted by atomic mass is 9.69. The molecule has 0 N–H and O–H groups in total. The summed E-state index contributed by atoms with van der Waals surface area (Å²) < 4.78 is 34.7. The molecule has 1 saturated heterocycles. The van der Waals surface area contributed by atoms with Crippen molar-refractivity contribution in [1.29, 1.82) is 0 Å². The highest BCUT2D eigenvalue weighted by atomic mass is 16.7. The lowest BCUT2D eigenvalue weighted by Crippen LogP contribution is -2.61. The summed E-state index contributed by atoms with van der Waals surface area (Å²) in [6.07, 6.45) is 17.6. The van der Waals surface area contributed by atoms with Crippen molar-refractivity contribution in [2.75, 3.05) is 39.4 Å². The largest absolute Gasteiger partial charge is 0.705 e. The predicted octanol–water partition coefficient (Wildman–Crippen LogP) is 12.7. The van der Waals surface area contributed by atoms with Gasteiger partial charge in [0.15, 0.2) is 23.9 Å². The summed E-state index contributed by atoms with van der Waals surface area (Å²) in [5.74, 6) is 3.54. The maximum Gasteiger partial charge on any atom is 0.705 e. The van der Waals surface area contributed by atoms with Crippen LogP contribution in [0.1, 0.15) is 182 Å². The summed E-state index contributed by atoms with van der Waals surface area (Å²) in [5.41, 5.74) is 7.26. The first-order valence-corrected chi connectivity index (χ1v) is 24.6. The average Bonchev–Trinajstić information content (AvgIpc) is 3.39. The van der Waals surface area contributed by atoms with Gasteiger partial charge in [-0.15, -0.1) is 0 Å². The van der Waals surface area contributed by atoms with E-state index in [1.54, 1.807) is 0 Å². The second-order valence-electron chi connectivity index (χ2n) is 21.8. The van der Waals surface area contributed by atoms with Gasteiger partial charge in [-0.2, -0.15) is 0 Å².